The smallest absolute Gasteiger partial charge is 0.339 e. The Hall–Kier alpha value is -2.68. The van der Waals surface area contributed by atoms with E-state index in [-0.39, 0.29) is 35.6 Å². The Bertz CT molecular complexity index is 735. The third-order valence-electron chi connectivity index (χ3n) is 3.49. The lowest BCUT2D eigenvalue weighted by Gasteiger charge is -2.12. The molecule has 2 aromatic heterocycles. The Kier molecular flexibility index (Phi) is 5.35. The Labute approximate surface area is 138 Å². The van der Waals surface area contributed by atoms with Gasteiger partial charge in [0.05, 0.1) is 0 Å². The molecular weight excluding hydrogens is 318 g/mol. The van der Waals surface area contributed by atoms with Crippen LogP contribution in [0.5, 0.6) is 0 Å². The third kappa shape index (κ3) is 3.62. The zero-order valence-electron chi connectivity index (χ0n) is 13.9. The van der Waals surface area contributed by atoms with Crippen LogP contribution in [0.2, 0.25) is 0 Å². The minimum Gasteiger partial charge on any atom is -0.478 e. The summed E-state index contributed by atoms with van der Waals surface area (Å²) in [6, 6.07) is 1.23. The Morgan fingerprint density at radius 2 is 2.17 bits per heavy atom. The molecule has 130 valence electrons. The predicted octanol–water partition coefficient (Wildman–Crippen LogP) is 1.90. The molecule has 1 N–H and O–H groups in total. The highest BCUT2D eigenvalue weighted by atomic mass is 16.5. The van der Waals surface area contributed by atoms with Gasteiger partial charge in [-0.3, -0.25) is 4.79 Å². The maximum absolute atomic E-state index is 12.4. The summed E-state index contributed by atoms with van der Waals surface area (Å²) in [5.74, 6) is -0.771. The van der Waals surface area contributed by atoms with Crippen molar-refractivity contribution in [2.45, 2.75) is 32.9 Å². The van der Waals surface area contributed by atoms with Gasteiger partial charge in [0.2, 0.25) is 5.89 Å². The van der Waals surface area contributed by atoms with Crippen LogP contribution in [0.1, 0.15) is 58.3 Å². The van der Waals surface area contributed by atoms with Crippen LogP contribution in [-0.2, 0) is 17.7 Å². The maximum atomic E-state index is 12.4. The summed E-state index contributed by atoms with van der Waals surface area (Å²) in [5, 5.41) is 12.9. The number of aromatic carboxylic acids is 1. The monoisotopic (exact) mass is 337 g/mol. The number of carboxylic acid groups (broad SMARTS) is 1. The average Bonchev–Trinajstić information content (AvgIpc) is 3.19. The zero-order valence-corrected chi connectivity index (χ0v) is 13.9. The molecule has 0 saturated heterocycles. The summed E-state index contributed by atoms with van der Waals surface area (Å²) >= 11 is 0. The lowest BCUT2D eigenvalue weighted by Crippen LogP contribution is -2.26. The summed E-state index contributed by atoms with van der Waals surface area (Å²) in [4.78, 5) is 29.0. The standard InChI is InChI=1S/C15H19N3O6/c1-5-10-9(15(20)21)6-11(23-10)14(19)18(3)7-12-16-13(17-24-12)8(2)22-4/h6,8H,5,7H2,1-4H3,(H,20,21). The van der Waals surface area contributed by atoms with Crippen molar-refractivity contribution < 1.29 is 28.4 Å². The fourth-order valence-corrected chi connectivity index (χ4v) is 2.04. The number of amides is 1. The molecule has 2 rings (SSSR count). The molecule has 24 heavy (non-hydrogen) atoms. The molecule has 0 aliphatic rings. The van der Waals surface area contributed by atoms with Gasteiger partial charge in [0.1, 0.15) is 24.0 Å². The van der Waals surface area contributed by atoms with Crippen molar-refractivity contribution >= 4 is 11.9 Å². The van der Waals surface area contributed by atoms with Crippen LogP contribution < -0.4 is 0 Å². The molecule has 0 saturated carbocycles. The van der Waals surface area contributed by atoms with Crippen LogP contribution in [0.3, 0.4) is 0 Å². The second-order valence-corrected chi connectivity index (χ2v) is 5.19. The molecule has 0 spiro atoms. The lowest BCUT2D eigenvalue weighted by atomic mass is 10.2. The number of nitrogens with zero attached hydrogens (tertiary/aromatic N) is 3. The third-order valence-corrected chi connectivity index (χ3v) is 3.49. The highest BCUT2D eigenvalue weighted by Gasteiger charge is 2.24. The Balaban J connectivity index is 2.12. The van der Waals surface area contributed by atoms with Gasteiger partial charge in [0.25, 0.3) is 5.91 Å². The van der Waals surface area contributed by atoms with Crippen molar-refractivity contribution in [3.63, 3.8) is 0 Å². The van der Waals surface area contributed by atoms with Crippen LogP contribution in [0.15, 0.2) is 15.0 Å². The Morgan fingerprint density at radius 3 is 2.71 bits per heavy atom. The van der Waals surface area contributed by atoms with Gasteiger partial charge in [-0.2, -0.15) is 4.98 Å². The van der Waals surface area contributed by atoms with E-state index in [9.17, 15) is 9.59 Å². The SMILES string of the molecule is CCc1oc(C(=O)N(C)Cc2nc(C(C)OC)no2)cc1C(=O)O. The minimum atomic E-state index is -1.13. The first-order chi connectivity index (χ1) is 11.4. The number of carbonyl (C=O) groups excluding carboxylic acids is 1. The number of carboxylic acids is 1. The topological polar surface area (TPSA) is 119 Å². The van der Waals surface area contributed by atoms with Crippen LogP contribution in [0.4, 0.5) is 0 Å². The van der Waals surface area contributed by atoms with Crippen molar-refractivity contribution in [3.8, 4) is 0 Å². The number of aromatic nitrogens is 2. The van der Waals surface area contributed by atoms with Gasteiger partial charge < -0.3 is 23.7 Å². The number of ether oxygens (including phenoxy) is 1. The van der Waals surface area contributed by atoms with Gasteiger partial charge in [-0.05, 0) is 6.92 Å². The van der Waals surface area contributed by atoms with Crippen LogP contribution in [0.25, 0.3) is 0 Å². The van der Waals surface area contributed by atoms with Gasteiger partial charge in [0.15, 0.2) is 11.6 Å². The van der Waals surface area contributed by atoms with E-state index in [1.807, 2.05) is 0 Å². The minimum absolute atomic E-state index is 0.0109. The van der Waals surface area contributed by atoms with E-state index in [1.54, 1.807) is 13.8 Å². The fraction of sp³-hybridized carbons (Fsp3) is 0.467. The van der Waals surface area contributed by atoms with E-state index >= 15 is 0 Å². The first-order valence-corrected chi connectivity index (χ1v) is 7.34. The van der Waals surface area contributed by atoms with Crippen molar-refractivity contribution in [1.29, 1.82) is 0 Å². The number of hydrogen-bond acceptors (Lipinski definition) is 7. The second-order valence-electron chi connectivity index (χ2n) is 5.19. The summed E-state index contributed by atoms with van der Waals surface area (Å²) in [5.41, 5.74) is -0.0109. The summed E-state index contributed by atoms with van der Waals surface area (Å²) in [6.45, 7) is 3.58. The van der Waals surface area contributed by atoms with E-state index < -0.39 is 11.9 Å². The number of carbonyl (C=O) groups is 2. The van der Waals surface area contributed by atoms with Gasteiger partial charge in [0, 0.05) is 26.6 Å². The number of hydrogen-bond donors (Lipinski definition) is 1. The molecule has 0 aliphatic heterocycles. The van der Waals surface area contributed by atoms with Gasteiger partial charge in [-0.25, -0.2) is 4.79 Å². The van der Waals surface area contributed by atoms with E-state index in [4.69, 9.17) is 18.8 Å². The number of furan rings is 1. The number of rotatable bonds is 7. The van der Waals surface area contributed by atoms with Gasteiger partial charge in [-0.15, -0.1) is 0 Å². The van der Waals surface area contributed by atoms with Gasteiger partial charge >= 0.3 is 5.97 Å². The molecule has 0 fully saturated rings. The van der Waals surface area contributed by atoms with Gasteiger partial charge in [-0.1, -0.05) is 12.1 Å². The van der Waals surface area contributed by atoms with Crippen LogP contribution in [-0.4, -0.2) is 46.2 Å². The summed E-state index contributed by atoms with van der Waals surface area (Å²) in [6.07, 6.45) is 0.0550. The zero-order chi connectivity index (χ0) is 17.9. The first kappa shape index (κ1) is 17.7. The molecule has 1 atom stereocenters. The molecular formula is C15H19N3O6. The molecule has 0 aromatic carbocycles. The molecule has 0 radical (unpaired) electrons. The highest BCUT2D eigenvalue weighted by molar-refractivity contribution is 5.96. The quantitative estimate of drug-likeness (QED) is 0.813. The molecule has 0 bridgehead atoms. The van der Waals surface area contributed by atoms with E-state index in [0.717, 1.165) is 0 Å². The molecule has 1 amide bonds. The number of methoxy groups -OCH3 is 1. The maximum Gasteiger partial charge on any atom is 0.339 e. The van der Waals surface area contributed by atoms with Crippen molar-refractivity contribution in [3.05, 3.63) is 34.9 Å². The fourth-order valence-electron chi connectivity index (χ4n) is 2.04. The van der Waals surface area contributed by atoms with E-state index in [1.165, 1.54) is 25.1 Å². The number of aryl methyl sites for hydroxylation is 1. The van der Waals surface area contributed by atoms with Crippen molar-refractivity contribution in [1.82, 2.24) is 15.0 Å². The molecule has 1 unspecified atom stereocenters. The highest BCUT2D eigenvalue weighted by Crippen LogP contribution is 2.19. The van der Waals surface area contributed by atoms with Crippen molar-refractivity contribution in [2.75, 3.05) is 14.2 Å². The second kappa shape index (κ2) is 7.26. The molecule has 0 aliphatic carbocycles. The summed E-state index contributed by atoms with van der Waals surface area (Å²) < 4.78 is 15.5. The molecule has 9 nitrogen and oxygen atoms in total. The summed E-state index contributed by atoms with van der Waals surface area (Å²) in [7, 11) is 3.05. The molecule has 2 heterocycles. The predicted molar refractivity (Wildman–Crippen MR) is 80.6 cm³/mol. The normalized spacial score (nSPS) is 12.2. The average molecular weight is 337 g/mol. The van der Waals surface area contributed by atoms with Crippen LogP contribution in [0, 0.1) is 0 Å². The molecule has 9 heteroatoms. The largest absolute Gasteiger partial charge is 0.478 e. The van der Waals surface area contributed by atoms with Crippen molar-refractivity contribution in [2.24, 2.45) is 0 Å². The Morgan fingerprint density at radius 1 is 1.46 bits per heavy atom. The lowest BCUT2D eigenvalue weighted by molar-refractivity contribution is 0.0692. The van der Waals surface area contributed by atoms with E-state index in [2.05, 4.69) is 10.1 Å². The van der Waals surface area contributed by atoms with E-state index in [0.29, 0.717) is 12.2 Å². The first-order valence-electron chi connectivity index (χ1n) is 7.34. The molecule has 2 aromatic rings. The van der Waals surface area contributed by atoms with Crippen LogP contribution >= 0.6 is 0 Å².